The van der Waals surface area contributed by atoms with E-state index in [9.17, 15) is 0 Å². The molecule has 1 aromatic rings. The second-order valence-electron chi connectivity index (χ2n) is 3.26. The van der Waals surface area contributed by atoms with E-state index in [0.29, 0.717) is 24.7 Å². The van der Waals surface area contributed by atoms with Crippen molar-refractivity contribution in [1.29, 1.82) is 0 Å². The zero-order valence-corrected chi connectivity index (χ0v) is 9.27. The van der Waals surface area contributed by atoms with E-state index < -0.39 is 0 Å². The Morgan fingerprint density at radius 1 is 1.47 bits per heavy atom. The van der Waals surface area contributed by atoms with Gasteiger partial charge in [0.2, 0.25) is 5.89 Å². The van der Waals surface area contributed by atoms with Crippen LogP contribution >= 0.6 is 0 Å². The summed E-state index contributed by atoms with van der Waals surface area (Å²) in [5.41, 5.74) is 5.82. The van der Waals surface area contributed by atoms with E-state index in [1.165, 1.54) is 0 Å². The molecule has 0 aromatic carbocycles. The number of nitrogens with two attached hydrogens (primary N) is 1. The van der Waals surface area contributed by atoms with Gasteiger partial charge >= 0.3 is 0 Å². The molecule has 2 N–H and O–H groups in total. The van der Waals surface area contributed by atoms with Crippen LogP contribution in [0.15, 0.2) is 4.52 Å². The number of nitrogens with zero attached hydrogens (tertiary/aromatic N) is 2. The van der Waals surface area contributed by atoms with Crippen LogP contribution < -0.4 is 5.73 Å². The Balaban J connectivity index is 2.58. The monoisotopic (exact) mass is 215 g/mol. The first-order valence-corrected chi connectivity index (χ1v) is 4.79. The standard InChI is InChI=1S/C9H17N3O3/c1-6(14-3)8-11-9(15-12-8)7(10)4-5-13-2/h6-7H,4-5,10H2,1-3H3. The smallest absolute Gasteiger partial charge is 0.243 e. The van der Waals surface area contributed by atoms with Crippen molar-refractivity contribution in [2.75, 3.05) is 20.8 Å². The molecule has 1 heterocycles. The Kier molecular flexibility index (Phi) is 4.67. The first-order valence-electron chi connectivity index (χ1n) is 4.79. The van der Waals surface area contributed by atoms with Gasteiger partial charge in [0.25, 0.3) is 0 Å². The molecule has 0 aliphatic rings. The molecule has 0 spiro atoms. The minimum absolute atomic E-state index is 0.183. The quantitative estimate of drug-likeness (QED) is 0.756. The van der Waals surface area contributed by atoms with Crippen molar-refractivity contribution < 1.29 is 14.0 Å². The summed E-state index contributed by atoms with van der Waals surface area (Å²) in [5.74, 6) is 0.936. The maximum Gasteiger partial charge on any atom is 0.243 e. The van der Waals surface area contributed by atoms with Crippen molar-refractivity contribution in [3.05, 3.63) is 11.7 Å². The van der Waals surface area contributed by atoms with Gasteiger partial charge in [0.05, 0.1) is 6.04 Å². The number of hydrogen-bond donors (Lipinski definition) is 1. The Hall–Kier alpha value is -0.980. The Labute approximate surface area is 88.7 Å². The molecular weight excluding hydrogens is 198 g/mol. The summed E-state index contributed by atoms with van der Waals surface area (Å²) in [4.78, 5) is 4.15. The normalized spacial score (nSPS) is 15.2. The number of methoxy groups -OCH3 is 2. The molecule has 2 atom stereocenters. The third-order valence-electron chi connectivity index (χ3n) is 2.12. The van der Waals surface area contributed by atoms with Gasteiger partial charge in [-0.05, 0) is 13.3 Å². The lowest BCUT2D eigenvalue weighted by Crippen LogP contribution is -2.13. The summed E-state index contributed by atoms with van der Waals surface area (Å²) in [7, 11) is 3.21. The summed E-state index contributed by atoms with van der Waals surface area (Å²) < 4.78 is 15.0. The number of rotatable bonds is 6. The molecule has 2 unspecified atom stereocenters. The minimum atomic E-state index is -0.282. The van der Waals surface area contributed by atoms with Gasteiger partial charge in [0, 0.05) is 20.8 Å². The van der Waals surface area contributed by atoms with Crippen LogP contribution in [0.4, 0.5) is 0 Å². The van der Waals surface area contributed by atoms with Crippen LogP contribution in [0.2, 0.25) is 0 Å². The zero-order valence-electron chi connectivity index (χ0n) is 9.27. The summed E-state index contributed by atoms with van der Waals surface area (Å²) in [5, 5.41) is 3.78. The van der Waals surface area contributed by atoms with Crippen LogP contribution in [0.25, 0.3) is 0 Å². The molecule has 0 radical (unpaired) electrons. The molecule has 0 saturated carbocycles. The van der Waals surface area contributed by atoms with Crippen molar-refractivity contribution in [2.24, 2.45) is 5.73 Å². The highest BCUT2D eigenvalue weighted by atomic mass is 16.5. The summed E-state index contributed by atoms with van der Waals surface area (Å²) >= 11 is 0. The van der Waals surface area contributed by atoms with Crippen LogP contribution in [0, 0.1) is 0 Å². The van der Waals surface area contributed by atoms with Gasteiger partial charge in [-0.15, -0.1) is 0 Å². The molecular formula is C9H17N3O3. The lowest BCUT2D eigenvalue weighted by atomic mass is 10.2. The van der Waals surface area contributed by atoms with Crippen LogP contribution in [0.1, 0.15) is 37.2 Å². The van der Waals surface area contributed by atoms with E-state index in [-0.39, 0.29) is 12.1 Å². The van der Waals surface area contributed by atoms with Crippen molar-refractivity contribution >= 4 is 0 Å². The topological polar surface area (TPSA) is 83.4 Å². The molecule has 6 heteroatoms. The SMILES string of the molecule is COCCC(N)c1nc(C(C)OC)no1. The van der Waals surface area contributed by atoms with Gasteiger partial charge in [-0.2, -0.15) is 4.98 Å². The van der Waals surface area contributed by atoms with E-state index in [1.54, 1.807) is 14.2 Å². The fourth-order valence-electron chi connectivity index (χ4n) is 1.04. The maximum atomic E-state index is 5.82. The highest BCUT2D eigenvalue weighted by molar-refractivity contribution is 4.93. The molecule has 6 nitrogen and oxygen atoms in total. The van der Waals surface area contributed by atoms with Crippen molar-refractivity contribution in [3.63, 3.8) is 0 Å². The first-order chi connectivity index (χ1) is 7.19. The Morgan fingerprint density at radius 2 is 2.20 bits per heavy atom. The number of ether oxygens (including phenoxy) is 2. The average molecular weight is 215 g/mol. The highest BCUT2D eigenvalue weighted by Crippen LogP contribution is 2.16. The average Bonchev–Trinajstić information content (AvgIpc) is 2.74. The molecule has 1 rings (SSSR count). The Bertz CT molecular complexity index is 290. The van der Waals surface area contributed by atoms with Gasteiger partial charge in [0.15, 0.2) is 5.82 Å². The maximum absolute atomic E-state index is 5.82. The molecule has 15 heavy (non-hydrogen) atoms. The van der Waals surface area contributed by atoms with E-state index in [0.717, 1.165) is 0 Å². The second-order valence-corrected chi connectivity index (χ2v) is 3.26. The lowest BCUT2D eigenvalue weighted by Gasteiger charge is -2.04. The minimum Gasteiger partial charge on any atom is -0.385 e. The van der Waals surface area contributed by atoms with Crippen molar-refractivity contribution in [3.8, 4) is 0 Å². The Morgan fingerprint density at radius 3 is 2.80 bits per heavy atom. The van der Waals surface area contributed by atoms with E-state index >= 15 is 0 Å². The zero-order chi connectivity index (χ0) is 11.3. The fraction of sp³-hybridized carbons (Fsp3) is 0.778. The molecule has 1 aromatic heterocycles. The lowest BCUT2D eigenvalue weighted by molar-refractivity contribution is 0.109. The van der Waals surface area contributed by atoms with Gasteiger partial charge in [-0.1, -0.05) is 5.16 Å². The van der Waals surface area contributed by atoms with Crippen LogP contribution in [0.5, 0.6) is 0 Å². The second kappa shape index (κ2) is 5.79. The van der Waals surface area contributed by atoms with E-state index in [2.05, 4.69) is 10.1 Å². The summed E-state index contributed by atoms with van der Waals surface area (Å²) in [6.07, 6.45) is 0.469. The molecule has 0 fully saturated rings. The van der Waals surface area contributed by atoms with Crippen LogP contribution in [0.3, 0.4) is 0 Å². The molecule has 0 aliphatic heterocycles. The highest BCUT2D eigenvalue weighted by Gasteiger charge is 2.17. The number of hydrogen-bond acceptors (Lipinski definition) is 6. The van der Waals surface area contributed by atoms with Gasteiger partial charge in [0.1, 0.15) is 6.10 Å². The van der Waals surface area contributed by atoms with E-state index in [1.807, 2.05) is 6.92 Å². The fourth-order valence-corrected chi connectivity index (χ4v) is 1.04. The van der Waals surface area contributed by atoms with Gasteiger partial charge in [-0.25, -0.2) is 0 Å². The summed E-state index contributed by atoms with van der Waals surface area (Å²) in [6.45, 7) is 2.41. The van der Waals surface area contributed by atoms with Crippen LogP contribution in [-0.2, 0) is 9.47 Å². The molecule has 0 bridgehead atoms. The van der Waals surface area contributed by atoms with Crippen molar-refractivity contribution in [1.82, 2.24) is 10.1 Å². The third-order valence-corrected chi connectivity index (χ3v) is 2.12. The predicted molar refractivity (Wildman–Crippen MR) is 53.1 cm³/mol. The van der Waals surface area contributed by atoms with Gasteiger partial charge in [-0.3, -0.25) is 0 Å². The molecule has 0 amide bonds. The van der Waals surface area contributed by atoms with Gasteiger partial charge < -0.3 is 19.7 Å². The molecule has 86 valence electrons. The predicted octanol–water partition coefficient (Wildman–Crippen LogP) is 0.813. The largest absolute Gasteiger partial charge is 0.385 e. The van der Waals surface area contributed by atoms with E-state index in [4.69, 9.17) is 19.7 Å². The first kappa shape index (κ1) is 12.1. The van der Waals surface area contributed by atoms with Crippen molar-refractivity contribution in [2.45, 2.75) is 25.5 Å². The number of aromatic nitrogens is 2. The molecule has 0 saturated heterocycles. The van der Waals surface area contributed by atoms with Crippen LogP contribution in [-0.4, -0.2) is 31.0 Å². The molecule has 0 aliphatic carbocycles. The summed E-state index contributed by atoms with van der Waals surface area (Å²) in [6, 6.07) is -0.282. The third kappa shape index (κ3) is 3.26.